The molecule has 0 bridgehead atoms. The summed E-state index contributed by atoms with van der Waals surface area (Å²) in [5, 5.41) is 5.46. The summed E-state index contributed by atoms with van der Waals surface area (Å²) in [7, 11) is 0. The molecule has 5 heteroatoms. The van der Waals surface area contributed by atoms with E-state index in [1.54, 1.807) is 12.1 Å². The minimum Gasteiger partial charge on any atom is -0.484 e. The molecule has 0 aromatic heterocycles. The Morgan fingerprint density at radius 3 is 2.20 bits per heavy atom. The zero-order valence-corrected chi connectivity index (χ0v) is 14.6. The van der Waals surface area contributed by atoms with Crippen molar-refractivity contribution in [3.63, 3.8) is 0 Å². The Morgan fingerprint density at radius 1 is 0.920 bits per heavy atom. The zero-order chi connectivity index (χ0) is 18.1. The molecule has 0 saturated carbocycles. The lowest BCUT2D eigenvalue weighted by Crippen LogP contribution is -2.36. The first-order valence-corrected chi connectivity index (χ1v) is 8.39. The quantitative estimate of drug-likeness (QED) is 0.726. The lowest BCUT2D eigenvalue weighted by molar-refractivity contribution is -0.123. The van der Waals surface area contributed by atoms with E-state index in [9.17, 15) is 9.59 Å². The number of hydrogen-bond acceptors (Lipinski definition) is 3. The number of benzene rings is 2. The van der Waals surface area contributed by atoms with Crippen LogP contribution in [0.4, 0.5) is 0 Å². The van der Waals surface area contributed by atoms with Gasteiger partial charge in [-0.2, -0.15) is 0 Å². The van der Waals surface area contributed by atoms with Crippen LogP contribution in [-0.4, -0.2) is 31.5 Å². The zero-order valence-electron chi connectivity index (χ0n) is 14.6. The first kappa shape index (κ1) is 18.5. The van der Waals surface area contributed by atoms with Crippen LogP contribution in [-0.2, 0) is 4.79 Å². The molecule has 0 fully saturated rings. The Kier molecular flexibility index (Phi) is 7.01. The maximum Gasteiger partial charge on any atom is 0.258 e. The van der Waals surface area contributed by atoms with Crippen molar-refractivity contribution in [2.75, 3.05) is 19.7 Å². The van der Waals surface area contributed by atoms with Gasteiger partial charge in [0.25, 0.3) is 11.8 Å². The molecule has 2 rings (SSSR count). The number of rotatable bonds is 8. The highest BCUT2D eigenvalue weighted by atomic mass is 16.5. The number of ether oxygens (including phenoxy) is 1. The maximum atomic E-state index is 11.8. The molecule has 0 unspecified atom stereocenters. The number of carbonyl (C=O) groups excluding carboxylic acids is 2. The molecule has 2 amide bonds. The van der Waals surface area contributed by atoms with Gasteiger partial charge >= 0.3 is 0 Å². The molecule has 2 aromatic carbocycles. The molecule has 25 heavy (non-hydrogen) atoms. The van der Waals surface area contributed by atoms with Crippen LogP contribution < -0.4 is 15.4 Å². The van der Waals surface area contributed by atoms with Crippen LogP contribution in [0.1, 0.15) is 35.7 Å². The maximum absolute atomic E-state index is 11.8. The summed E-state index contributed by atoms with van der Waals surface area (Å²) < 4.78 is 5.45. The van der Waals surface area contributed by atoms with Gasteiger partial charge in [0.1, 0.15) is 5.75 Å². The molecule has 0 heterocycles. The van der Waals surface area contributed by atoms with Crippen LogP contribution in [0.5, 0.6) is 5.75 Å². The summed E-state index contributed by atoms with van der Waals surface area (Å²) >= 11 is 0. The third-order valence-corrected chi connectivity index (χ3v) is 3.69. The molecule has 0 radical (unpaired) electrons. The van der Waals surface area contributed by atoms with E-state index in [1.165, 1.54) is 5.56 Å². The number of carbonyl (C=O) groups is 2. The summed E-state index contributed by atoms with van der Waals surface area (Å²) in [5.41, 5.74) is 1.83. The fourth-order valence-electron chi connectivity index (χ4n) is 2.22. The van der Waals surface area contributed by atoms with Crippen molar-refractivity contribution in [2.24, 2.45) is 0 Å². The van der Waals surface area contributed by atoms with Crippen molar-refractivity contribution in [1.82, 2.24) is 10.6 Å². The topological polar surface area (TPSA) is 67.4 Å². The summed E-state index contributed by atoms with van der Waals surface area (Å²) in [4.78, 5) is 23.6. The van der Waals surface area contributed by atoms with Crippen molar-refractivity contribution < 1.29 is 14.3 Å². The van der Waals surface area contributed by atoms with Crippen molar-refractivity contribution in [3.8, 4) is 5.75 Å². The van der Waals surface area contributed by atoms with Crippen LogP contribution in [0.25, 0.3) is 0 Å². The van der Waals surface area contributed by atoms with E-state index in [0.29, 0.717) is 30.3 Å². The van der Waals surface area contributed by atoms with E-state index >= 15 is 0 Å². The van der Waals surface area contributed by atoms with Gasteiger partial charge in [-0.3, -0.25) is 9.59 Å². The summed E-state index contributed by atoms with van der Waals surface area (Å²) in [5.74, 6) is 0.749. The van der Waals surface area contributed by atoms with Gasteiger partial charge in [-0.15, -0.1) is 0 Å². The van der Waals surface area contributed by atoms with E-state index in [1.807, 2.05) is 42.5 Å². The second kappa shape index (κ2) is 9.47. The lowest BCUT2D eigenvalue weighted by Gasteiger charge is -2.10. The Bertz CT molecular complexity index is 682. The molecule has 2 aromatic rings. The number of nitrogens with one attached hydrogen (secondary N) is 2. The molecule has 0 aliphatic carbocycles. The molecule has 2 N–H and O–H groups in total. The van der Waals surface area contributed by atoms with E-state index in [-0.39, 0.29) is 18.4 Å². The van der Waals surface area contributed by atoms with Gasteiger partial charge < -0.3 is 15.4 Å². The Morgan fingerprint density at radius 2 is 1.56 bits per heavy atom. The second-order valence-corrected chi connectivity index (χ2v) is 5.98. The average molecular weight is 340 g/mol. The van der Waals surface area contributed by atoms with Crippen LogP contribution in [0.15, 0.2) is 54.6 Å². The molecule has 5 nitrogen and oxygen atoms in total. The van der Waals surface area contributed by atoms with Crippen molar-refractivity contribution in [1.29, 1.82) is 0 Å². The highest BCUT2D eigenvalue weighted by Gasteiger charge is 2.05. The molecule has 0 atom stereocenters. The van der Waals surface area contributed by atoms with E-state index in [2.05, 4.69) is 24.5 Å². The van der Waals surface area contributed by atoms with Gasteiger partial charge in [-0.1, -0.05) is 44.2 Å². The largest absolute Gasteiger partial charge is 0.484 e. The summed E-state index contributed by atoms with van der Waals surface area (Å²) in [6.45, 7) is 4.92. The fourth-order valence-corrected chi connectivity index (χ4v) is 2.22. The van der Waals surface area contributed by atoms with E-state index in [4.69, 9.17) is 4.74 Å². The molecule has 0 spiro atoms. The minimum absolute atomic E-state index is 0.0480. The minimum atomic E-state index is -0.220. The standard InChI is InChI=1S/C20H24N2O3/c1-15(2)16-8-10-18(11-9-16)25-14-19(23)21-12-13-22-20(24)17-6-4-3-5-7-17/h3-11,15H,12-14H2,1-2H3,(H,21,23)(H,22,24). The SMILES string of the molecule is CC(C)c1ccc(OCC(=O)NCCNC(=O)c2ccccc2)cc1. The molecule has 0 saturated heterocycles. The van der Waals surface area contributed by atoms with Crippen LogP contribution in [0.2, 0.25) is 0 Å². The van der Waals surface area contributed by atoms with E-state index < -0.39 is 0 Å². The van der Waals surface area contributed by atoms with Crippen LogP contribution in [0.3, 0.4) is 0 Å². The van der Waals surface area contributed by atoms with Gasteiger partial charge in [-0.05, 0) is 35.7 Å². The van der Waals surface area contributed by atoms with Gasteiger partial charge in [0.05, 0.1) is 0 Å². The third kappa shape index (κ3) is 6.30. The molecular formula is C20H24N2O3. The number of amides is 2. The first-order chi connectivity index (χ1) is 12.1. The van der Waals surface area contributed by atoms with Crippen molar-refractivity contribution in [3.05, 3.63) is 65.7 Å². The first-order valence-electron chi connectivity index (χ1n) is 8.39. The number of hydrogen-bond donors (Lipinski definition) is 2. The highest BCUT2D eigenvalue weighted by molar-refractivity contribution is 5.94. The van der Waals surface area contributed by atoms with Gasteiger partial charge in [0, 0.05) is 18.7 Å². The van der Waals surface area contributed by atoms with Crippen molar-refractivity contribution >= 4 is 11.8 Å². The smallest absolute Gasteiger partial charge is 0.258 e. The Labute approximate surface area is 148 Å². The predicted octanol–water partition coefficient (Wildman–Crippen LogP) is 2.74. The van der Waals surface area contributed by atoms with Crippen LogP contribution >= 0.6 is 0 Å². The van der Waals surface area contributed by atoms with Gasteiger partial charge in [0.15, 0.2) is 6.61 Å². The molecule has 0 aliphatic rings. The predicted molar refractivity (Wildman–Crippen MR) is 97.8 cm³/mol. The second-order valence-electron chi connectivity index (χ2n) is 5.98. The molecule has 0 aliphatic heterocycles. The molecule has 132 valence electrons. The molecular weight excluding hydrogens is 316 g/mol. The summed E-state index contributed by atoms with van der Waals surface area (Å²) in [6.07, 6.45) is 0. The third-order valence-electron chi connectivity index (χ3n) is 3.69. The normalized spacial score (nSPS) is 10.4. The monoisotopic (exact) mass is 340 g/mol. The van der Waals surface area contributed by atoms with Gasteiger partial charge in [0.2, 0.25) is 0 Å². The highest BCUT2D eigenvalue weighted by Crippen LogP contribution is 2.18. The van der Waals surface area contributed by atoms with Crippen molar-refractivity contribution in [2.45, 2.75) is 19.8 Å². The fraction of sp³-hybridized carbons (Fsp3) is 0.300. The van der Waals surface area contributed by atoms with E-state index in [0.717, 1.165) is 0 Å². The van der Waals surface area contributed by atoms with Gasteiger partial charge in [-0.25, -0.2) is 0 Å². The Hall–Kier alpha value is -2.82. The summed E-state index contributed by atoms with van der Waals surface area (Å²) in [6, 6.07) is 16.7. The Balaban J connectivity index is 1.63. The lowest BCUT2D eigenvalue weighted by atomic mass is 10.0. The average Bonchev–Trinajstić information content (AvgIpc) is 2.64. The van der Waals surface area contributed by atoms with Crippen LogP contribution in [0, 0.1) is 0 Å².